The smallest absolute Gasteiger partial charge is 0.135 e. The summed E-state index contributed by atoms with van der Waals surface area (Å²) < 4.78 is 6.31. The highest BCUT2D eigenvalue weighted by Crippen LogP contribution is 2.64. The Balaban J connectivity index is 1.63. The zero-order valence-electron chi connectivity index (χ0n) is 14.6. The minimum absolute atomic E-state index is 0.116. The van der Waals surface area contributed by atoms with Gasteiger partial charge in [0.15, 0.2) is 0 Å². The summed E-state index contributed by atoms with van der Waals surface area (Å²) in [5.41, 5.74) is 0.672. The van der Waals surface area contributed by atoms with Crippen LogP contribution in [0.4, 0.5) is 0 Å². The molecule has 7 unspecified atom stereocenters. The molecule has 2 heteroatoms. The topological polar surface area (TPSA) is 26.3 Å². The number of ketones is 1. The molecule has 7 atom stereocenters. The number of ether oxygens (including phenoxy) is 1. The van der Waals surface area contributed by atoms with Gasteiger partial charge in [-0.2, -0.15) is 0 Å². The van der Waals surface area contributed by atoms with Crippen LogP contribution in [0.3, 0.4) is 0 Å². The molecule has 0 aromatic heterocycles. The van der Waals surface area contributed by atoms with Crippen LogP contribution in [0.1, 0.15) is 72.1 Å². The summed E-state index contributed by atoms with van der Waals surface area (Å²) in [7, 11) is 0. The van der Waals surface area contributed by atoms with Crippen molar-refractivity contribution in [1.82, 2.24) is 0 Å². The lowest BCUT2D eigenvalue weighted by Crippen LogP contribution is -2.55. The summed E-state index contributed by atoms with van der Waals surface area (Å²) in [4.78, 5) is 12.1. The second-order valence-electron chi connectivity index (χ2n) is 9.26. The first-order valence-corrected chi connectivity index (χ1v) is 9.59. The molecule has 0 N–H and O–H groups in total. The number of Topliss-reactive ketones (excluding diaryl/α,β-unsaturated/α-hetero) is 1. The number of carbonyl (C=O) groups is 1. The van der Waals surface area contributed by atoms with Crippen LogP contribution in [0.5, 0.6) is 0 Å². The van der Waals surface area contributed by atoms with E-state index in [1.807, 2.05) is 0 Å². The van der Waals surface area contributed by atoms with Crippen molar-refractivity contribution in [3.63, 3.8) is 0 Å². The van der Waals surface area contributed by atoms with E-state index in [0.29, 0.717) is 29.8 Å². The molecule has 0 aromatic carbocycles. The van der Waals surface area contributed by atoms with Crippen molar-refractivity contribution in [3.8, 4) is 0 Å². The zero-order chi connectivity index (χ0) is 15.5. The third-order valence-electron chi connectivity index (χ3n) is 8.43. The fourth-order valence-electron chi connectivity index (χ4n) is 7.14. The van der Waals surface area contributed by atoms with E-state index in [9.17, 15) is 4.79 Å². The monoisotopic (exact) mass is 304 g/mol. The lowest BCUT2D eigenvalue weighted by Gasteiger charge is -2.59. The minimum Gasteiger partial charge on any atom is -0.377 e. The molecule has 4 fully saturated rings. The Kier molecular flexibility index (Phi) is 3.49. The van der Waals surface area contributed by atoms with Gasteiger partial charge in [0.05, 0.1) is 12.7 Å². The van der Waals surface area contributed by atoms with Crippen LogP contribution in [0.15, 0.2) is 0 Å². The van der Waals surface area contributed by atoms with E-state index in [0.717, 1.165) is 11.8 Å². The van der Waals surface area contributed by atoms with Crippen molar-refractivity contribution < 1.29 is 9.53 Å². The van der Waals surface area contributed by atoms with E-state index in [1.54, 1.807) is 6.92 Å². The van der Waals surface area contributed by atoms with Crippen molar-refractivity contribution in [3.05, 3.63) is 0 Å². The van der Waals surface area contributed by atoms with Crippen LogP contribution in [0, 0.1) is 34.5 Å². The third kappa shape index (κ3) is 1.92. The van der Waals surface area contributed by atoms with Crippen LogP contribution in [0.25, 0.3) is 0 Å². The van der Waals surface area contributed by atoms with Crippen LogP contribution < -0.4 is 0 Å². The van der Waals surface area contributed by atoms with Crippen molar-refractivity contribution in [2.75, 3.05) is 6.61 Å². The molecule has 3 saturated carbocycles. The molecule has 4 aliphatic rings. The van der Waals surface area contributed by atoms with Gasteiger partial charge >= 0.3 is 0 Å². The fourth-order valence-corrected chi connectivity index (χ4v) is 7.14. The van der Waals surface area contributed by atoms with Gasteiger partial charge in [-0.1, -0.05) is 26.7 Å². The molecule has 0 amide bonds. The first-order chi connectivity index (χ1) is 10.5. The summed E-state index contributed by atoms with van der Waals surface area (Å²) in [6, 6.07) is 0. The zero-order valence-corrected chi connectivity index (χ0v) is 14.6. The molecule has 4 rings (SSSR count). The largest absolute Gasteiger partial charge is 0.377 e. The number of carbonyl (C=O) groups excluding carboxylic acids is 1. The van der Waals surface area contributed by atoms with E-state index in [4.69, 9.17) is 4.74 Å². The Morgan fingerprint density at radius 3 is 2.59 bits per heavy atom. The maximum atomic E-state index is 12.1. The molecule has 1 aliphatic heterocycles. The van der Waals surface area contributed by atoms with E-state index in [1.165, 1.54) is 51.4 Å². The number of rotatable bonds is 1. The first-order valence-electron chi connectivity index (χ1n) is 9.59. The van der Waals surface area contributed by atoms with Crippen LogP contribution in [-0.4, -0.2) is 18.5 Å². The van der Waals surface area contributed by atoms with Gasteiger partial charge in [-0.15, -0.1) is 0 Å². The van der Waals surface area contributed by atoms with Crippen molar-refractivity contribution in [2.24, 2.45) is 34.5 Å². The van der Waals surface area contributed by atoms with Gasteiger partial charge in [-0.05, 0) is 68.6 Å². The van der Waals surface area contributed by atoms with Crippen LogP contribution in [-0.2, 0) is 9.53 Å². The molecule has 1 heterocycles. The molecule has 1 saturated heterocycles. The van der Waals surface area contributed by atoms with E-state index in [-0.39, 0.29) is 11.3 Å². The molecular weight excluding hydrogens is 272 g/mol. The molecule has 0 bridgehead atoms. The Labute approximate surface area is 135 Å². The van der Waals surface area contributed by atoms with Gasteiger partial charge < -0.3 is 4.74 Å². The van der Waals surface area contributed by atoms with E-state index in [2.05, 4.69) is 13.8 Å². The molecule has 0 spiro atoms. The van der Waals surface area contributed by atoms with Crippen LogP contribution >= 0.6 is 0 Å². The molecule has 0 aromatic rings. The highest BCUT2D eigenvalue weighted by Gasteiger charge is 2.61. The van der Waals surface area contributed by atoms with Gasteiger partial charge in [0.2, 0.25) is 0 Å². The SMILES string of the molecule is CC(=O)C1COC2C3CCC4CCCCC4(C)C3CCC12C. The van der Waals surface area contributed by atoms with Gasteiger partial charge in [-0.3, -0.25) is 4.79 Å². The lowest BCUT2D eigenvalue weighted by molar-refractivity contribution is -0.140. The fraction of sp³-hybridized carbons (Fsp3) is 0.950. The Morgan fingerprint density at radius 1 is 1.00 bits per heavy atom. The highest BCUT2D eigenvalue weighted by molar-refractivity contribution is 5.79. The summed E-state index contributed by atoms with van der Waals surface area (Å²) in [5.74, 6) is 3.01. The van der Waals surface area contributed by atoms with Crippen molar-refractivity contribution in [2.45, 2.75) is 78.2 Å². The highest BCUT2D eigenvalue weighted by atomic mass is 16.5. The Hall–Kier alpha value is -0.370. The quantitative estimate of drug-likeness (QED) is 0.707. The van der Waals surface area contributed by atoms with Crippen LogP contribution in [0.2, 0.25) is 0 Å². The lowest BCUT2D eigenvalue weighted by atomic mass is 9.46. The molecule has 124 valence electrons. The van der Waals surface area contributed by atoms with Gasteiger partial charge in [0.25, 0.3) is 0 Å². The van der Waals surface area contributed by atoms with Gasteiger partial charge in [0, 0.05) is 11.3 Å². The first kappa shape index (κ1) is 15.2. The van der Waals surface area contributed by atoms with E-state index >= 15 is 0 Å². The van der Waals surface area contributed by atoms with Crippen molar-refractivity contribution in [1.29, 1.82) is 0 Å². The number of hydrogen-bond acceptors (Lipinski definition) is 2. The van der Waals surface area contributed by atoms with E-state index < -0.39 is 0 Å². The second-order valence-corrected chi connectivity index (χ2v) is 9.26. The molecule has 2 nitrogen and oxygen atoms in total. The molecule has 22 heavy (non-hydrogen) atoms. The molecular formula is C20H32O2. The average Bonchev–Trinajstić information content (AvgIpc) is 2.84. The maximum Gasteiger partial charge on any atom is 0.135 e. The molecule has 3 aliphatic carbocycles. The standard InChI is InChI=1S/C20H32O2/c1-13(21)17-12-22-18-15-8-7-14-6-4-5-10-19(14,2)16(15)9-11-20(17,18)3/h14-18H,4-12H2,1-3H3. The summed E-state index contributed by atoms with van der Waals surface area (Å²) in [5, 5.41) is 0. The summed E-state index contributed by atoms with van der Waals surface area (Å²) in [6.07, 6.45) is 11.4. The summed E-state index contributed by atoms with van der Waals surface area (Å²) in [6.45, 7) is 7.39. The Bertz CT molecular complexity index is 472. The Morgan fingerprint density at radius 2 is 1.82 bits per heavy atom. The maximum absolute atomic E-state index is 12.1. The average molecular weight is 304 g/mol. The summed E-state index contributed by atoms with van der Waals surface area (Å²) >= 11 is 0. The van der Waals surface area contributed by atoms with Gasteiger partial charge in [0.1, 0.15) is 5.78 Å². The normalized spacial score (nSPS) is 54.2. The predicted octanol–water partition coefficient (Wildman–Crippen LogP) is 4.61. The number of fused-ring (bicyclic) bond motifs is 5. The number of hydrogen-bond donors (Lipinski definition) is 0. The van der Waals surface area contributed by atoms with Gasteiger partial charge in [-0.25, -0.2) is 0 Å². The molecule has 0 radical (unpaired) electrons. The second kappa shape index (κ2) is 5.06. The third-order valence-corrected chi connectivity index (χ3v) is 8.43. The minimum atomic E-state index is 0.116. The predicted molar refractivity (Wildman–Crippen MR) is 87.5 cm³/mol. The van der Waals surface area contributed by atoms with Crippen molar-refractivity contribution >= 4 is 5.78 Å².